The number of para-hydroxylation sites is 1. The predicted molar refractivity (Wildman–Crippen MR) is 107 cm³/mol. The minimum atomic E-state index is -0.524. The minimum absolute atomic E-state index is 0.142. The molecule has 1 unspecified atom stereocenters. The topological polar surface area (TPSA) is 71.6 Å². The maximum absolute atomic E-state index is 13.0. The van der Waals surface area contributed by atoms with Gasteiger partial charge in [0, 0.05) is 23.0 Å². The first kappa shape index (κ1) is 17.6. The van der Waals surface area contributed by atoms with Gasteiger partial charge in [-0.05, 0) is 37.3 Å². The number of halogens is 1. The molecule has 0 aliphatic carbocycles. The van der Waals surface area contributed by atoms with Gasteiger partial charge < -0.3 is 25.4 Å². The van der Waals surface area contributed by atoms with Crippen molar-refractivity contribution in [2.24, 2.45) is 0 Å². The molecule has 0 spiro atoms. The SMILES string of the molecule is CC1=C(C(=O)Nc2ccccc2)C(c2cc3c(cc2Cl)OCO3)NC(=S)N1. The molecule has 8 heteroatoms. The summed E-state index contributed by atoms with van der Waals surface area (Å²) in [4.78, 5) is 13.0. The first-order chi connectivity index (χ1) is 13.0. The van der Waals surface area contributed by atoms with E-state index in [2.05, 4.69) is 16.0 Å². The number of hydrogen-bond donors (Lipinski definition) is 3. The van der Waals surface area contributed by atoms with Crippen LogP contribution in [-0.2, 0) is 4.79 Å². The van der Waals surface area contributed by atoms with Crippen LogP contribution in [0.3, 0.4) is 0 Å². The molecule has 1 amide bonds. The third kappa shape index (κ3) is 3.43. The van der Waals surface area contributed by atoms with E-state index in [0.29, 0.717) is 44.2 Å². The van der Waals surface area contributed by atoms with Gasteiger partial charge in [0.25, 0.3) is 5.91 Å². The molecule has 2 aromatic rings. The monoisotopic (exact) mass is 401 g/mol. The van der Waals surface area contributed by atoms with Gasteiger partial charge >= 0.3 is 0 Å². The third-order valence-electron chi connectivity index (χ3n) is 4.35. The standard InChI is InChI=1S/C19H16ClN3O3S/c1-10-16(18(24)22-11-5-3-2-4-6-11)17(23-19(27)21-10)12-7-14-15(8-13(12)20)26-9-25-14/h2-8,17H,9H2,1H3,(H,22,24)(H2,21,23,27). The van der Waals surface area contributed by atoms with Gasteiger partial charge in [0.05, 0.1) is 16.6 Å². The normalized spacial score (nSPS) is 18.0. The van der Waals surface area contributed by atoms with E-state index in [1.165, 1.54) is 0 Å². The van der Waals surface area contributed by atoms with Crippen molar-refractivity contribution < 1.29 is 14.3 Å². The Morgan fingerprint density at radius 2 is 1.93 bits per heavy atom. The van der Waals surface area contributed by atoms with Gasteiger partial charge in [0.2, 0.25) is 6.79 Å². The highest BCUT2D eigenvalue weighted by Crippen LogP contribution is 2.41. The van der Waals surface area contributed by atoms with Crippen molar-refractivity contribution in [1.82, 2.24) is 10.6 Å². The lowest BCUT2D eigenvalue weighted by molar-refractivity contribution is -0.113. The minimum Gasteiger partial charge on any atom is -0.454 e. The second kappa shape index (κ2) is 7.09. The fourth-order valence-electron chi connectivity index (χ4n) is 3.10. The van der Waals surface area contributed by atoms with Crippen LogP contribution in [-0.4, -0.2) is 17.8 Å². The summed E-state index contributed by atoms with van der Waals surface area (Å²) in [5.74, 6) is 0.914. The summed E-state index contributed by atoms with van der Waals surface area (Å²) in [6.07, 6.45) is 0. The maximum Gasteiger partial charge on any atom is 0.255 e. The predicted octanol–water partition coefficient (Wildman–Crippen LogP) is 3.50. The summed E-state index contributed by atoms with van der Waals surface area (Å²) in [5, 5.41) is 9.93. The largest absolute Gasteiger partial charge is 0.454 e. The van der Waals surface area contributed by atoms with Crippen molar-refractivity contribution in [3.8, 4) is 11.5 Å². The lowest BCUT2D eigenvalue weighted by Crippen LogP contribution is -2.45. The molecule has 2 aliphatic heterocycles. The van der Waals surface area contributed by atoms with E-state index < -0.39 is 6.04 Å². The number of hydrogen-bond acceptors (Lipinski definition) is 4. The molecule has 4 rings (SSSR count). The average molecular weight is 402 g/mol. The number of benzene rings is 2. The highest BCUT2D eigenvalue weighted by molar-refractivity contribution is 7.80. The summed E-state index contributed by atoms with van der Waals surface area (Å²) in [6, 6.07) is 12.2. The van der Waals surface area contributed by atoms with E-state index in [1.807, 2.05) is 30.3 Å². The highest BCUT2D eigenvalue weighted by atomic mass is 35.5. The van der Waals surface area contributed by atoms with Gasteiger partial charge in [-0.1, -0.05) is 29.8 Å². The number of carbonyl (C=O) groups is 1. The highest BCUT2D eigenvalue weighted by Gasteiger charge is 2.32. The van der Waals surface area contributed by atoms with Gasteiger partial charge in [-0.25, -0.2) is 0 Å². The maximum atomic E-state index is 13.0. The van der Waals surface area contributed by atoms with Gasteiger partial charge in [-0.15, -0.1) is 0 Å². The van der Waals surface area contributed by atoms with Crippen molar-refractivity contribution in [3.05, 3.63) is 64.3 Å². The van der Waals surface area contributed by atoms with E-state index in [1.54, 1.807) is 19.1 Å². The zero-order valence-corrected chi connectivity index (χ0v) is 15.9. The Morgan fingerprint density at radius 1 is 1.22 bits per heavy atom. The summed E-state index contributed by atoms with van der Waals surface area (Å²) < 4.78 is 10.8. The lowest BCUT2D eigenvalue weighted by Gasteiger charge is -2.31. The number of carbonyl (C=O) groups excluding carboxylic acids is 1. The fraction of sp³-hybridized carbons (Fsp3) is 0.158. The average Bonchev–Trinajstić information content (AvgIpc) is 3.08. The summed E-state index contributed by atoms with van der Waals surface area (Å²) in [6.45, 7) is 1.95. The molecule has 0 radical (unpaired) electrons. The smallest absolute Gasteiger partial charge is 0.255 e. The van der Waals surface area contributed by atoms with Crippen LogP contribution < -0.4 is 25.4 Å². The number of nitrogens with one attached hydrogen (secondary N) is 3. The second-order valence-corrected chi connectivity index (χ2v) is 6.93. The molecular weight excluding hydrogens is 386 g/mol. The number of allylic oxidation sites excluding steroid dienone is 1. The summed E-state index contributed by atoms with van der Waals surface area (Å²) in [5.41, 5.74) is 2.54. The van der Waals surface area contributed by atoms with Gasteiger partial charge in [0.15, 0.2) is 16.6 Å². The number of rotatable bonds is 3. The quantitative estimate of drug-likeness (QED) is 0.684. The number of amides is 1. The molecule has 2 aromatic carbocycles. The van der Waals surface area contributed by atoms with Gasteiger partial charge in [0.1, 0.15) is 0 Å². The van der Waals surface area contributed by atoms with Crippen molar-refractivity contribution in [3.63, 3.8) is 0 Å². The van der Waals surface area contributed by atoms with Crippen molar-refractivity contribution in [2.75, 3.05) is 12.1 Å². The molecule has 0 aromatic heterocycles. The van der Waals surface area contributed by atoms with E-state index >= 15 is 0 Å². The molecule has 1 atom stereocenters. The Balaban J connectivity index is 1.73. The molecule has 0 bridgehead atoms. The molecule has 2 aliphatic rings. The molecule has 3 N–H and O–H groups in total. The van der Waals surface area contributed by atoms with Crippen LogP contribution in [0.25, 0.3) is 0 Å². The van der Waals surface area contributed by atoms with Gasteiger partial charge in [-0.3, -0.25) is 4.79 Å². The van der Waals surface area contributed by atoms with E-state index in [-0.39, 0.29) is 12.7 Å². The Kier molecular flexibility index (Phi) is 4.63. The summed E-state index contributed by atoms with van der Waals surface area (Å²) in [7, 11) is 0. The van der Waals surface area contributed by atoms with Crippen LogP contribution in [0.15, 0.2) is 53.7 Å². The van der Waals surface area contributed by atoms with Crippen LogP contribution >= 0.6 is 23.8 Å². The first-order valence-electron chi connectivity index (χ1n) is 8.26. The molecule has 0 saturated heterocycles. The molecule has 0 fully saturated rings. The van der Waals surface area contributed by atoms with Crippen molar-refractivity contribution in [2.45, 2.75) is 13.0 Å². The molecule has 138 valence electrons. The molecule has 6 nitrogen and oxygen atoms in total. The van der Waals surface area contributed by atoms with Gasteiger partial charge in [-0.2, -0.15) is 0 Å². The second-order valence-electron chi connectivity index (χ2n) is 6.12. The van der Waals surface area contributed by atoms with Crippen LogP contribution in [0.2, 0.25) is 5.02 Å². The Bertz CT molecular complexity index is 962. The third-order valence-corrected chi connectivity index (χ3v) is 4.90. The van der Waals surface area contributed by atoms with Crippen LogP contribution in [0.4, 0.5) is 5.69 Å². The fourth-order valence-corrected chi connectivity index (χ4v) is 3.64. The summed E-state index contributed by atoms with van der Waals surface area (Å²) >= 11 is 11.8. The zero-order chi connectivity index (χ0) is 19.0. The first-order valence-corrected chi connectivity index (χ1v) is 9.05. The van der Waals surface area contributed by atoms with Crippen LogP contribution in [0.5, 0.6) is 11.5 Å². The number of anilines is 1. The van der Waals surface area contributed by atoms with Crippen LogP contribution in [0, 0.1) is 0 Å². The van der Waals surface area contributed by atoms with Crippen molar-refractivity contribution in [1.29, 1.82) is 0 Å². The Morgan fingerprint density at radius 3 is 2.67 bits per heavy atom. The Labute approximate surface area is 166 Å². The molecule has 27 heavy (non-hydrogen) atoms. The van der Waals surface area contributed by atoms with Crippen molar-refractivity contribution >= 4 is 40.5 Å². The van der Waals surface area contributed by atoms with E-state index in [0.717, 1.165) is 0 Å². The molecule has 2 heterocycles. The van der Waals surface area contributed by atoms with E-state index in [9.17, 15) is 4.79 Å². The van der Waals surface area contributed by atoms with Crippen LogP contribution in [0.1, 0.15) is 18.5 Å². The van der Waals surface area contributed by atoms with E-state index in [4.69, 9.17) is 33.3 Å². The zero-order valence-electron chi connectivity index (χ0n) is 14.3. The molecule has 0 saturated carbocycles. The number of ether oxygens (including phenoxy) is 2. The number of fused-ring (bicyclic) bond motifs is 1. The molecular formula is C19H16ClN3O3S. The Hall–Kier alpha value is -2.77. The lowest BCUT2D eigenvalue weighted by atomic mass is 9.94. The number of thiocarbonyl (C=S) groups is 1.